The van der Waals surface area contributed by atoms with Crippen molar-refractivity contribution in [3.8, 4) is 10.6 Å². The molecular weight excluding hydrogens is 308 g/mol. The minimum absolute atomic E-state index is 0.0769. The molecule has 0 aliphatic rings. The molecule has 0 aliphatic heterocycles. The van der Waals surface area contributed by atoms with Crippen LogP contribution < -0.4 is 0 Å². The van der Waals surface area contributed by atoms with Gasteiger partial charge in [0.25, 0.3) is 9.05 Å². The second-order valence-electron chi connectivity index (χ2n) is 3.52. The van der Waals surface area contributed by atoms with Crippen LogP contribution in [0.15, 0.2) is 26.9 Å². The first-order chi connectivity index (χ1) is 8.18. The molecule has 4 nitrogen and oxygen atoms in total. The summed E-state index contributed by atoms with van der Waals surface area (Å²) in [5.41, 5.74) is 0.142. The first kappa shape index (κ1) is 13.4. The van der Waals surface area contributed by atoms with Gasteiger partial charge in [-0.2, -0.15) is 8.78 Å². The number of thiophene rings is 1. The highest BCUT2D eigenvalue weighted by Crippen LogP contribution is 2.35. The van der Waals surface area contributed by atoms with Gasteiger partial charge in [-0.05, 0) is 12.1 Å². The fourth-order valence-electron chi connectivity index (χ4n) is 1.19. The molecule has 98 valence electrons. The van der Waals surface area contributed by atoms with Crippen LogP contribution in [0, 0.1) is 0 Å². The van der Waals surface area contributed by atoms with Crippen LogP contribution in [0.25, 0.3) is 10.6 Å². The average Bonchev–Trinajstić information content (AvgIpc) is 2.84. The Morgan fingerprint density at radius 1 is 1.44 bits per heavy atom. The van der Waals surface area contributed by atoms with Crippen molar-refractivity contribution in [2.24, 2.45) is 0 Å². The number of halogens is 3. The van der Waals surface area contributed by atoms with Gasteiger partial charge in [-0.15, -0.1) is 11.3 Å². The van der Waals surface area contributed by atoms with E-state index in [1.807, 2.05) is 0 Å². The molecule has 0 atom stereocenters. The fourth-order valence-corrected chi connectivity index (χ4v) is 3.21. The Morgan fingerprint density at radius 2 is 2.11 bits per heavy atom. The molecular formula is C9H6ClF2NO3S2. The van der Waals surface area contributed by atoms with Crippen LogP contribution in [0.4, 0.5) is 8.78 Å². The predicted octanol–water partition coefficient (Wildman–Crippen LogP) is 3.44. The summed E-state index contributed by atoms with van der Waals surface area (Å²) in [6, 6.07) is 3.77. The van der Waals surface area contributed by atoms with Crippen LogP contribution in [0.5, 0.6) is 0 Å². The molecule has 2 heterocycles. The van der Waals surface area contributed by atoms with Crippen molar-refractivity contribution >= 4 is 31.1 Å². The van der Waals surface area contributed by atoms with Gasteiger partial charge in [0.05, 0.1) is 4.88 Å². The number of hydrogen-bond donors (Lipinski definition) is 0. The number of aromatic nitrogens is 1. The van der Waals surface area contributed by atoms with Crippen LogP contribution in [0.3, 0.4) is 0 Å². The lowest BCUT2D eigenvalue weighted by Gasteiger charge is -2.02. The normalized spacial score (nSPS) is 12.9. The number of nitrogens with zero attached hydrogens (tertiary/aromatic N) is 1. The average molecular weight is 314 g/mol. The zero-order chi connectivity index (χ0) is 13.6. The van der Waals surface area contributed by atoms with Crippen molar-refractivity contribution in [2.75, 3.05) is 0 Å². The molecule has 0 saturated heterocycles. The van der Waals surface area contributed by atoms with Crippen LogP contribution in [0.1, 0.15) is 12.7 Å². The van der Waals surface area contributed by atoms with Crippen molar-refractivity contribution in [3.63, 3.8) is 0 Å². The Morgan fingerprint density at radius 3 is 2.56 bits per heavy atom. The lowest BCUT2D eigenvalue weighted by molar-refractivity contribution is -0.0105. The van der Waals surface area contributed by atoms with Crippen LogP contribution in [-0.4, -0.2) is 13.6 Å². The molecule has 2 aromatic heterocycles. The van der Waals surface area contributed by atoms with Gasteiger partial charge in [0.1, 0.15) is 9.90 Å². The molecule has 0 unspecified atom stereocenters. The topological polar surface area (TPSA) is 60.2 Å². The third kappa shape index (κ3) is 2.70. The highest BCUT2D eigenvalue weighted by Gasteiger charge is 2.30. The minimum atomic E-state index is -3.83. The molecule has 0 fully saturated rings. The minimum Gasteiger partial charge on any atom is -0.354 e. The molecule has 0 spiro atoms. The van der Waals surface area contributed by atoms with Gasteiger partial charge in [0.15, 0.2) is 0 Å². The number of alkyl halides is 2. The Labute approximate surface area is 110 Å². The van der Waals surface area contributed by atoms with Crippen molar-refractivity contribution in [1.29, 1.82) is 0 Å². The second-order valence-corrected chi connectivity index (χ2v) is 7.40. The summed E-state index contributed by atoms with van der Waals surface area (Å²) in [6.07, 6.45) is 0. The maximum Gasteiger partial charge on any atom is 0.304 e. The van der Waals surface area contributed by atoms with Gasteiger partial charge in [-0.1, -0.05) is 5.16 Å². The second kappa shape index (κ2) is 4.29. The van der Waals surface area contributed by atoms with E-state index in [-0.39, 0.29) is 9.90 Å². The smallest absolute Gasteiger partial charge is 0.304 e. The Balaban J connectivity index is 2.39. The molecule has 0 aliphatic carbocycles. The summed E-state index contributed by atoms with van der Waals surface area (Å²) in [4.78, 5) is 0.383. The van der Waals surface area contributed by atoms with Crippen LogP contribution in [-0.2, 0) is 15.0 Å². The summed E-state index contributed by atoms with van der Waals surface area (Å²) in [6.45, 7) is 0.681. The quantitative estimate of drug-likeness (QED) is 0.814. The lowest BCUT2D eigenvalue weighted by atomic mass is 10.2. The lowest BCUT2D eigenvalue weighted by Crippen LogP contribution is -2.04. The van der Waals surface area contributed by atoms with E-state index in [1.54, 1.807) is 0 Å². The van der Waals surface area contributed by atoms with Crippen molar-refractivity contribution in [1.82, 2.24) is 5.16 Å². The molecule has 2 aromatic rings. The fraction of sp³-hybridized carbons (Fsp3) is 0.222. The third-order valence-corrected chi connectivity index (χ3v) is 5.22. The Hall–Kier alpha value is -0.990. The van der Waals surface area contributed by atoms with Gasteiger partial charge in [0.2, 0.25) is 5.76 Å². The predicted molar refractivity (Wildman–Crippen MR) is 62.4 cm³/mol. The first-order valence-electron chi connectivity index (χ1n) is 4.58. The standard InChI is InChI=1S/C9H6ClF2NO3S2/c1-9(11,12)7-4-5(13-16-7)6-2-3-8(17-6)18(10,14)15/h2-4H,1H3. The molecule has 2 rings (SSSR count). The van der Waals surface area contributed by atoms with Gasteiger partial charge in [-0.3, -0.25) is 0 Å². The van der Waals surface area contributed by atoms with E-state index in [0.717, 1.165) is 17.4 Å². The summed E-state index contributed by atoms with van der Waals surface area (Å²) in [7, 11) is 1.33. The van der Waals surface area contributed by atoms with Gasteiger partial charge < -0.3 is 4.52 Å². The van der Waals surface area contributed by atoms with Crippen LogP contribution in [0.2, 0.25) is 0 Å². The van der Waals surface area contributed by atoms with Gasteiger partial charge in [0, 0.05) is 23.7 Å². The van der Waals surface area contributed by atoms with E-state index in [9.17, 15) is 17.2 Å². The summed E-state index contributed by atoms with van der Waals surface area (Å²) < 4.78 is 52.4. The SMILES string of the molecule is CC(F)(F)c1cc(-c2ccc(S(=O)(=O)Cl)s2)no1. The zero-order valence-corrected chi connectivity index (χ0v) is 11.2. The highest BCUT2D eigenvalue weighted by molar-refractivity contribution is 8.15. The molecule has 18 heavy (non-hydrogen) atoms. The van der Waals surface area contributed by atoms with E-state index >= 15 is 0 Å². The summed E-state index contributed by atoms with van der Waals surface area (Å²) in [5.74, 6) is -3.72. The Bertz CT molecular complexity index is 672. The molecule has 9 heteroatoms. The molecule has 0 bridgehead atoms. The Kier molecular flexibility index (Phi) is 3.20. The van der Waals surface area contributed by atoms with E-state index in [1.165, 1.54) is 12.1 Å². The first-order valence-corrected chi connectivity index (χ1v) is 7.70. The molecule has 0 aromatic carbocycles. The van der Waals surface area contributed by atoms with E-state index in [2.05, 4.69) is 9.68 Å². The van der Waals surface area contributed by atoms with Gasteiger partial charge >= 0.3 is 5.92 Å². The summed E-state index contributed by atoms with van der Waals surface area (Å²) in [5, 5.41) is 3.47. The van der Waals surface area contributed by atoms with Crippen molar-refractivity contribution in [3.05, 3.63) is 24.0 Å². The van der Waals surface area contributed by atoms with Crippen LogP contribution >= 0.6 is 22.0 Å². The monoisotopic (exact) mass is 313 g/mol. The van der Waals surface area contributed by atoms with Crippen molar-refractivity contribution < 1.29 is 21.7 Å². The molecule has 0 saturated carbocycles. The van der Waals surface area contributed by atoms with E-state index in [0.29, 0.717) is 11.8 Å². The highest BCUT2D eigenvalue weighted by atomic mass is 35.7. The molecule has 0 amide bonds. The maximum atomic E-state index is 12.9. The third-order valence-electron chi connectivity index (χ3n) is 2.02. The van der Waals surface area contributed by atoms with Crippen molar-refractivity contribution in [2.45, 2.75) is 17.1 Å². The molecule has 0 N–H and O–H groups in total. The zero-order valence-electron chi connectivity index (χ0n) is 8.85. The number of hydrogen-bond acceptors (Lipinski definition) is 5. The van der Waals surface area contributed by atoms with E-state index < -0.39 is 20.7 Å². The summed E-state index contributed by atoms with van der Waals surface area (Å²) >= 11 is 0.830. The molecule has 0 radical (unpaired) electrons. The largest absolute Gasteiger partial charge is 0.354 e. The van der Waals surface area contributed by atoms with Gasteiger partial charge in [-0.25, -0.2) is 8.42 Å². The number of rotatable bonds is 3. The van der Waals surface area contributed by atoms with E-state index in [4.69, 9.17) is 10.7 Å². The maximum absolute atomic E-state index is 12.9.